The topological polar surface area (TPSA) is 96.2 Å². The van der Waals surface area contributed by atoms with Gasteiger partial charge in [0, 0.05) is 18.3 Å². The number of carbonyl (C=O) groups excluding carboxylic acids is 2. The normalized spacial score (nSPS) is 11.6. The van der Waals surface area contributed by atoms with Crippen LogP contribution >= 0.6 is 0 Å². The van der Waals surface area contributed by atoms with Gasteiger partial charge in [-0.05, 0) is 47.0 Å². The molecule has 1 atom stereocenters. The summed E-state index contributed by atoms with van der Waals surface area (Å²) in [6, 6.07) is 33.4. The third kappa shape index (κ3) is 6.84. The van der Waals surface area contributed by atoms with Crippen LogP contribution < -0.4 is 21.7 Å². The zero-order valence-electron chi connectivity index (χ0n) is 19.7. The standard InChI is InChI=1S/C30H28N4O2/c31-26-13-7-8-14-27(26)34-28(35)20-17-22-15-18-24(19-16-22)29(33-25-11-5-2-6-12-25)30(36)32-21-23-9-3-1-4-10-23/h1-20,29,33H,21,31H2,(H,32,36)(H,34,35)/b20-17+. The Bertz CT molecular complexity index is 1320. The Balaban J connectivity index is 1.45. The summed E-state index contributed by atoms with van der Waals surface area (Å²) < 4.78 is 0. The fourth-order valence-corrected chi connectivity index (χ4v) is 3.65. The maximum atomic E-state index is 13.2. The van der Waals surface area contributed by atoms with Gasteiger partial charge in [0.25, 0.3) is 0 Å². The number of hydrogen-bond donors (Lipinski definition) is 4. The lowest BCUT2D eigenvalue weighted by Crippen LogP contribution is -2.33. The number of nitrogens with one attached hydrogen (secondary N) is 3. The van der Waals surface area contributed by atoms with E-state index in [1.807, 2.05) is 97.1 Å². The summed E-state index contributed by atoms with van der Waals surface area (Å²) in [4.78, 5) is 25.4. The van der Waals surface area contributed by atoms with Crippen LogP contribution in [0.25, 0.3) is 6.08 Å². The molecule has 0 radical (unpaired) electrons. The number of nitrogens with two attached hydrogens (primary N) is 1. The minimum absolute atomic E-state index is 0.133. The van der Waals surface area contributed by atoms with Gasteiger partial charge in [-0.1, -0.05) is 84.9 Å². The highest BCUT2D eigenvalue weighted by Gasteiger charge is 2.20. The van der Waals surface area contributed by atoms with Gasteiger partial charge in [0.1, 0.15) is 6.04 Å². The van der Waals surface area contributed by atoms with E-state index in [1.54, 1.807) is 18.2 Å². The average Bonchev–Trinajstić information content (AvgIpc) is 2.92. The summed E-state index contributed by atoms with van der Waals surface area (Å²) in [6.45, 7) is 0.439. The maximum Gasteiger partial charge on any atom is 0.248 e. The molecule has 0 aliphatic carbocycles. The minimum Gasteiger partial charge on any atom is -0.397 e. The van der Waals surface area contributed by atoms with Gasteiger partial charge < -0.3 is 21.7 Å². The van der Waals surface area contributed by atoms with Gasteiger partial charge in [-0.25, -0.2) is 0 Å². The number of rotatable bonds is 9. The third-order valence-electron chi connectivity index (χ3n) is 5.57. The number of nitrogen functional groups attached to an aromatic ring is 1. The third-order valence-corrected chi connectivity index (χ3v) is 5.57. The van der Waals surface area contributed by atoms with E-state index in [9.17, 15) is 9.59 Å². The Morgan fingerprint density at radius 3 is 2.11 bits per heavy atom. The molecule has 5 N–H and O–H groups in total. The summed E-state index contributed by atoms with van der Waals surface area (Å²) in [5.41, 5.74) is 10.5. The van der Waals surface area contributed by atoms with Crippen LogP contribution in [0.3, 0.4) is 0 Å². The lowest BCUT2D eigenvalue weighted by Gasteiger charge is -2.20. The smallest absolute Gasteiger partial charge is 0.248 e. The van der Waals surface area contributed by atoms with Crippen molar-refractivity contribution in [3.8, 4) is 0 Å². The predicted molar refractivity (Wildman–Crippen MR) is 146 cm³/mol. The molecule has 0 bridgehead atoms. The van der Waals surface area contributed by atoms with Crippen molar-refractivity contribution in [3.05, 3.63) is 132 Å². The van der Waals surface area contributed by atoms with E-state index in [1.165, 1.54) is 6.08 Å². The van der Waals surface area contributed by atoms with E-state index in [-0.39, 0.29) is 11.8 Å². The largest absolute Gasteiger partial charge is 0.397 e. The molecule has 0 saturated carbocycles. The average molecular weight is 477 g/mol. The van der Waals surface area contributed by atoms with Crippen molar-refractivity contribution in [2.24, 2.45) is 0 Å². The zero-order chi connectivity index (χ0) is 25.2. The highest BCUT2D eigenvalue weighted by molar-refractivity contribution is 6.03. The molecule has 36 heavy (non-hydrogen) atoms. The Labute approximate surface area is 210 Å². The highest BCUT2D eigenvalue weighted by atomic mass is 16.2. The van der Waals surface area contributed by atoms with Gasteiger partial charge in [0.05, 0.1) is 11.4 Å². The molecule has 4 rings (SSSR count). The quantitative estimate of drug-likeness (QED) is 0.192. The molecule has 0 aromatic heterocycles. The molecule has 4 aromatic rings. The van der Waals surface area contributed by atoms with Crippen LogP contribution in [0.15, 0.2) is 115 Å². The molecule has 180 valence electrons. The second-order valence-corrected chi connectivity index (χ2v) is 8.22. The SMILES string of the molecule is Nc1ccccc1NC(=O)/C=C/c1ccc(C(Nc2ccccc2)C(=O)NCc2ccccc2)cc1. The summed E-state index contributed by atoms with van der Waals surface area (Å²) in [5.74, 6) is -0.410. The number of para-hydroxylation sites is 3. The van der Waals surface area contributed by atoms with E-state index in [2.05, 4.69) is 16.0 Å². The minimum atomic E-state index is -0.585. The first-order chi connectivity index (χ1) is 17.6. The van der Waals surface area contributed by atoms with Crippen LogP contribution in [0.5, 0.6) is 0 Å². The van der Waals surface area contributed by atoms with Gasteiger partial charge >= 0.3 is 0 Å². The molecule has 0 fully saturated rings. The van der Waals surface area contributed by atoms with E-state index in [0.717, 1.165) is 22.4 Å². The highest BCUT2D eigenvalue weighted by Crippen LogP contribution is 2.21. The molecule has 0 heterocycles. The first-order valence-electron chi connectivity index (χ1n) is 11.7. The molecular weight excluding hydrogens is 448 g/mol. The van der Waals surface area contributed by atoms with E-state index in [0.29, 0.717) is 17.9 Å². The lowest BCUT2D eigenvalue weighted by atomic mass is 10.0. The van der Waals surface area contributed by atoms with Crippen molar-refractivity contribution in [3.63, 3.8) is 0 Å². The van der Waals surface area contributed by atoms with E-state index >= 15 is 0 Å². The van der Waals surface area contributed by atoms with Gasteiger partial charge in [-0.3, -0.25) is 9.59 Å². The molecule has 0 aliphatic rings. The second kappa shape index (κ2) is 12.0. The summed E-state index contributed by atoms with van der Waals surface area (Å²) in [6.07, 6.45) is 3.17. The van der Waals surface area contributed by atoms with Gasteiger partial charge in [0.2, 0.25) is 11.8 Å². The van der Waals surface area contributed by atoms with Crippen molar-refractivity contribution >= 4 is 35.0 Å². The summed E-state index contributed by atoms with van der Waals surface area (Å²) in [7, 11) is 0. The first kappa shape index (κ1) is 24.3. The molecule has 6 nitrogen and oxygen atoms in total. The van der Waals surface area contributed by atoms with Crippen LogP contribution in [0.4, 0.5) is 17.1 Å². The van der Waals surface area contributed by atoms with E-state index in [4.69, 9.17) is 5.73 Å². The fraction of sp³-hybridized carbons (Fsp3) is 0.0667. The van der Waals surface area contributed by atoms with Crippen molar-refractivity contribution in [1.82, 2.24) is 5.32 Å². The maximum absolute atomic E-state index is 13.2. The van der Waals surface area contributed by atoms with Crippen molar-refractivity contribution in [1.29, 1.82) is 0 Å². The van der Waals surface area contributed by atoms with Crippen molar-refractivity contribution < 1.29 is 9.59 Å². The van der Waals surface area contributed by atoms with Crippen LogP contribution in [0.1, 0.15) is 22.7 Å². The van der Waals surface area contributed by atoms with Crippen LogP contribution in [0, 0.1) is 0 Å². The molecule has 0 aliphatic heterocycles. The number of hydrogen-bond acceptors (Lipinski definition) is 4. The monoisotopic (exact) mass is 476 g/mol. The van der Waals surface area contributed by atoms with E-state index < -0.39 is 6.04 Å². The van der Waals surface area contributed by atoms with Crippen LogP contribution in [-0.4, -0.2) is 11.8 Å². The van der Waals surface area contributed by atoms with Crippen LogP contribution in [0.2, 0.25) is 0 Å². The molecule has 0 spiro atoms. The number of anilines is 3. The number of carbonyl (C=O) groups is 2. The molecule has 1 unspecified atom stereocenters. The Hall–Kier alpha value is -4.84. The van der Waals surface area contributed by atoms with Crippen molar-refractivity contribution in [2.75, 3.05) is 16.4 Å². The number of benzene rings is 4. The zero-order valence-corrected chi connectivity index (χ0v) is 19.7. The summed E-state index contributed by atoms with van der Waals surface area (Å²) in [5, 5.41) is 9.12. The van der Waals surface area contributed by atoms with Crippen LogP contribution in [-0.2, 0) is 16.1 Å². The molecule has 6 heteroatoms. The lowest BCUT2D eigenvalue weighted by molar-refractivity contribution is -0.122. The van der Waals surface area contributed by atoms with Gasteiger partial charge in [0.15, 0.2) is 0 Å². The Morgan fingerprint density at radius 1 is 0.778 bits per heavy atom. The first-order valence-corrected chi connectivity index (χ1v) is 11.7. The predicted octanol–water partition coefficient (Wildman–Crippen LogP) is 5.39. The van der Waals surface area contributed by atoms with Crippen molar-refractivity contribution in [2.45, 2.75) is 12.6 Å². The fourth-order valence-electron chi connectivity index (χ4n) is 3.65. The molecule has 0 saturated heterocycles. The summed E-state index contributed by atoms with van der Waals surface area (Å²) >= 11 is 0. The second-order valence-electron chi connectivity index (χ2n) is 8.22. The Morgan fingerprint density at radius 2 is 1.42 bits per heavy atom. The number of amides is 2. The van der Waals surface area contributed by atoms with Gasteiger partial charge in [-0.15, -0.1) is 0 Å². The molecular formula is C30H28N4O2. The van der Waals surface area contributed by atoms with Gasteiger partial charge in [-0.2, -0.15) is 0 Å². The molecule has 4 aromatic carbocycles. The Kier molecular flexibility index (Phi) is 8.12. The molecule has 2 amide bonds.